The van der Waals surface area contributed by atoms with Crippen molar-refractivity contribution >= 4 is 0 Å². The number of aromatic amines is 1. The van der Waals surface area contributed by atoms with E-state index in [4.69, 9.17) is 14.5 Å². The van der Waals surface area contributed by atoms with Crippen molar-refractivity contribution in [2.45, 2.75) is 52.6 Å². The average molecular weight is 383 g/mol. The SMILES string of the molecule is CCOc1ccc(CN2CCc3c(nc(CC4CC4)[nH]c3=O)C2)c(OCC)c1. The van der Waals surface area contributed by atoms with Crippen LogP contribution in [0.3, 0.4) is 0 Å². The highest BCUT2D eigenvalue weighted by atomic mass is 16.5. The van der Waals surface area contributed by atoms with Gasteiger partial charge in [0.15, 0.2) is 0 Å². The Morgan fingerprint density at radius 1 is 1.21 bits per heavy atom. The fourth-order valence-corrected chi connectivity index (χ4v) is 3.83. The van der Waals surface area contributed by atoms with Gasteiger partial charge in [-0.25, -0.2) is 4.98 Å². The van der Waals surface area contributed by atoms with E-state index >= 15 is 0 Å². The summed E-state index contributed by atoms with van der Waals surface area (Å²) in [5.74, 6) is 3.26. The molecule has 0 unspecified atom stereocenters. The van der Waals surface area contributed by atoms with E-state index < -0.39 is 0 Å². The first kappa shape index (κ1) is 19.0. The molecule has 1 aromatic carbocycles. The third-order valence-electron chi connectivity index (χ3n) is 5.42. The molecule has 4 rings (SSSR count). The van der Waals surface area contributed by atoms with Crippen molar-refractivity contribution in [2.24, 2.45) is 5.92 Å². The average Bonchev–Trinajstić information content (AvgIpc) is 3.48. The van der Waals surface area contributed by atoms with Crippen molar-refractivity contribution in [1.82, 2.24) is 14.9 Å². The molecule has 1 aliphatic carbocycles. The molecular formula is C22H29N3O3. The first-order chi connectivity index (χ1) is 13.7. The summed E-state index contributed by atoms with van der Waals surface area (Å²) in [4.78, 5) is 22.6. The zero-order valence-electron chi connectivity index (χ0n) is 16.8. The second-order valence-electron chi connectivity index (χ2n) is 7.68. The Morgan fingerprint density at radius 3 is 2.79 bits per heavy atom. The smallest absolute Gasteiger partial charge is 0.254 e. The van der Waals surface area contributed by atoms with E-state index in [1.807, 2.05) is 26.0 Å². The second kappa shape index (κ2) is 8.35. The first-order valence-corrected chi connectivity index (χ1v) is 10.4. The molecular weight excluding hydrogens is 354 g/mol. The third-order valence-corrected chi connectivity index (χ3v) is 5.42. The highest BCUT2D eigenvalue weighted by Gasteiger charge is 2.26. The first-order valence-electron chi connectivity index (χ1n) is 10.4. The lowest BCUT2D eigenvalue weighted by atomic mass is 10.0. The summed E-state index contributed by atoms with van der Waals surface area (Å²) in [5.41, 5.74) is 2.98. The van der Waals surface area contributed by atoms with Crippen LogP contribution < -0.4 is 15.0 Å². The summed E-state index contributed by atoms with van der Waals surface area (Å²) in [6.45, 7) is 7.55. The van der Waals surface area contributed by atoms with Gasteiger partial charge < -0.3 is 14.5 Å². The van der Waals surface area contributed by atoms with Crippen LogP contribution in [0.25, 0.3) is 0 Å². The predicted octanol–water partition coefficient (Wildman–Crippen LogP) is 3.08. The number of fused-ring (bicyclic) bond motifs is 1. The van der Waals surface area contributed by atoms with Crippen molar-refractivity contribution in [3.8, 4) is 11.5 Å². The largest absolute Gasteiger partial charge is 0.494 e. The van der Waals surface area contributed by atoms with Crippen LogP contribution in [0.1, 0.15) is 49.3 Å². The van der Waals surface area contributed by atoms with Crippen molar-refractivity contribution in [2.75, 3.05) is 19.8 Å². The molecule has 2 heterocycles. The maximum Gasteiger partial charge on any atom is 0.254 e. The molecule has 0 atom stereocenters. The minimum Gasteiger partial charge on any atom is -0.494 e. The van der Waals surface area contributed by atoms with Crippen LogP contribution in [0.15, 0.2) is 23.0 Å². The molecule has 1 aromatic heterocycles. The lowest BCUT2D eigenvalue weighted by Crippen LogP contribution is -2.35. The summed E-state index contributed by atoms with van der Waals surface area (Å²) in [7, 11) is 0. The quantitative estimate of drug-likeness (QED) is 0.759. The molecule has 1 aliphatic heterocycles. The van der Waals surface area contributed by atoms with Crippen molar-refractivity contribution in [3.05, 3.63) is 51.2 Å². The van der Waals surface area contributed by atoms with E-state index in [1.54, 1.807) is 0 Å². The van der Waals surface area contributed by atoms with E-state index in [-0.39, 0.29) is 5.56 Å². The molecule has 0 amide bonds. The number of H-pyrrole nitrogens is 1. The van der Waals surface area contributed by atoms with Gasteiger partial charge in [0.05, 0.1) is 18.9 Å². The number of rotatable bonds is 8. The summed E-state index contributed by atoms with van der Waals surface area (Å²) in [6.07, 6.45) is 4.15. The molecule has 1 N–H and O–H groups in total. The molecule has 0 saturated heterocycles. The summed E-state index contributed by atoms with van der Waals surface area (Å²) < 4.78 is 11.5. The molecule has 2 aliphatic rings. The Labute approximate surface area is 165 Å². The fourth-order valence-electron chi connectivity index (χ4n) is 3.83. The molecule has 28 heavy (non-hydrogen) atoms. The van der Waals surface area contributed by atoms with Crippen LogP contribution in [0, 0.1) is 5.92 Å². The van der Waals surface area contributed by atoms with E-state index in [0.717, 1.165) is 60.1 Å². The zero-order chi connectivity index (χ0) is 19.5. The molecule has 6 heteroatoms. The van der Waals surface area contributed by atoms with Crippen LogP contribution in [0.4, 0.5) is 0 Å². The van der Waals surface area contributed by atoms with Gasteiger partial charge in [-0.15, -0.1) is 0 Å². The van der Waals surface area contributed by atoms with Gasteiger partial charge in [0.2, 0.25) is 0 Å². The van der Waals surface area contributed by atoms with Crippen molar-refractivity contribution in [3.63, 3.8) is 0 Å². The zero-order valence-corrected chi connectivity index (χ0v) is 16.8. The standard InChI is InChI=1S/C22H29N3O3/c1-3-27-17-8-7-16(20(12-17)28-4-2)13-25-10-9-18-19(14-25)23-21(24-22(18)26)11-15-5-6-15/h7-8,12,15H,3-6,9-11,13-14H2,1-2H3,(H,23,24,26). The number of hydrogen-bond acceptors (Lipinski definition) is 5. The molecule has 0 spiro atoms. The van der Waals surface area contributed by atoms with Crippen molar-refractivity contribution in [1.29, 1.82) is 0 Å². The van der Waals surface area contributed by atoms with Gasteiger partial charge in [0.25, 0.3) is 5.56 Å². The van der Waals surface area contributed by atoms with Gasteiger partial charge in [-0.1, -0.05) is 6.07 Å². The van der Waals surface area contributed by atoms with Crippen LogP contribution in [-0.2, 0) is 25.9 Å². The van der Waals surface area contributed by atoms with Crippen molar-refractivity contribution < 1.29 is 9.47 Å². The van der Waals surface area contributed by atoms with Gasteiger partial charge in [0.1, 0.15) is 17.3 Å². The maximum atomic E-state index is 12.4. The number of hydrogen-bond donors (Lipinski definition) is 1. The molecule has 0 radical (unpaired) electrons. The number of ether oxygens (including phenoxy) is 2. The monoisotopic (exact) mass is 383 g/mol. The van der Waals surface area contributed by atoms with E-state index in [0.29, 0.717) is 25.7 Å². The number of nitrogens with zero attached hydrogens (tertiary/aromatic N) is 2. The molecule has 2 aromatic rings. The summed E-state index contributed by atoms with van der Waals surface area (Å²) in [6, 6.07) is 6.04. The Balaban J connectivity index is 1.51. The Hall–Kier alpha value is -2.34. The number of aromatic nitrogens is 2. The fraction of sp³-hybridized carbons (Fsp3) is 0.545. The van der Waals surface area contributed by atoms with E-state index in [1.165, 1.54) is 12.8 Å². The maximum absolute atomic E-state index is 12.4. The minimum atomic E-state index is 0.0522. The van der Waals surface area contributed by atoms with Crippen LogP contribution in [-0.4, -0.2) is 34.6 Å². The van der Waals surface area contributed by atoms with Crippen LogP contribution >= 0.6 is 0 Å². The summed E-state index contributed by atoms with van der Waals surface area (Å²) >= 11 is 0. The molecule has 150 valence electrons. The highest BCUT2D eigenvalue weighted by Crippen LogP contribution is 2.32. The molecule has 6 nitrogen and oxygen atoms in total. The Bertz CT molecular complexity index is 889. The lowest BCUT2D eigenvalue weighted by Gasteiger charge is -2.28. The number of nitrogens with one attached hydrogen (secondary N) is 1. The van der Waals surface area contributed by atoms with E-state index in [9.17, 15) is 4.79 Å². The Morgan fingerprint density at radius 2 is 2.04 bits per heavy atom. The molecule has 1 saturated carbocycles. The van der Waals surface area contributed by atoms with Gasteiger partial charge >= 0.3 is 0 Å². The van der Waals surface area contributed by atoms with Crippen LogP contribution in [0.5, 0.6) is 11.5 Å². The topological polar surface area (TPSA) is 67.5 Å². The predicted molar refractivity (Wildman–Crippen MR) is 108 cm³/mol. The van der Waals surface area contributed by atoms with Gasteiger partial charge in [-0.05, 0) is 45.1 Å². The normalized spacial score (nSPS) is 16.6. The summed E-state index contributed by atoms with van der Waals surface area (Å²) in [5, 5.41) is 0. The molecule has 0 bridgehead atoms. The minimum absolute atomic E-state index is 0.0522. The van der Waals surface area contributed by atoms with Gasteiger partial charge in [-0.2, -0.15) is 0 Å². The van der Waals surface area contributed by atoms with Gasteiger partial charge in [-0.3, -0.25) is 9.69 Å². The highest BCUT2D eigenvalue weighted by molar-refractivity contribution is 5.41. The third kappa shape index (κ3) is 4.38. The van der Waals surface area contributed by atoms with E-state index in [2.05, 4.69) is 16.0 Å². The molecule has 1 fully saturated rings. The van der Waals surface area contributed by atoms with Crippen LogP contribution in [0.2, 0.25) is 0 Å². The Kier molecular flexibility index (Phi) is 5.67. The lowest BCUT2D eigenvalue weighted by molar-refractivity contribution is 0.233. The van der Waals surface area contributed by atoms with Gasteiger partial charge in [0, 0.05) is 43.2 Å². The number of benzene rings is 1. The second-order valence-corrected chi connectivity index (χ2v) is 7.68.